The Hall–Kier alpha value is -0.980. The zero-order valence-corrected chi connectivity index (χ0v) is 9.17. The van der Waals surface area contributed by atoms with Crippen molar-refractivity contribution in [1.82, 2.24) is 9.88 Å². The highest BCUT2D eigenvalue weighted by atomic mass is 32.1. The third kappa shape index (κ3) is 2.74. The second kappa shape index (κ2) is 4.69. The second-order valence-corrected chi connectivity index (χ2v) is 4.45. The van der Waals surface area contributed by atoms with Gasteiger partial charge in [-0.05, 0) is 0 Å². The summed E-state index contributed by atoms with van der Waals surface area (Å²) in [5.74, 6) is 0.110. The summed E-state index contributed by atoms with van der Waals surface area (Å²) < 4.78 is 5.38. The molecule has 3 N–H and O–H groups in total. The van der Waals surface area contributed by atoms with Gasteiger partial charge in [0, 0.05) is 24.7 Å². The molecule has 0 spiro atoms. The zero-order chi connectivity index (χ0) is 10.7. The van der Waals surface area contributed by atoms with Crippen molar-refractivity contribution >= 4 is 17.2 Å². The molecule has 1 aliphatic heterocycles. The number of nitrogens with one attached hydrogen (secondary N) is 1. The number of rotatable bonds is 3. The van der Waals surface area contributed by atoms with Crippen LogP contribution in [0.1, 0.15) is 5.01 Å². The largest absolute Gasteiger partial charge is 0.385 e. The normalized spacial score (nSPS) is 22.8. The third-order valence-corrected chi connectivity index (χ3v) is 3.10. The fraction of sp³-hybridized carbons (Fsp3) is 0.556. The first-order valence-electron chi connectivity index (χ1n) is 4.82. The van der Waals surface area contributed by atoms with Gasteiger partial charge in [-0.2, -0.15) is 0 Å². The minimum atomic E-state index is -0.251. The maximum atomic E-state index is 7.34. The van der Waals surface area contributed by atoms with E-state index in [0.717, 1.165) is 18.1 Å². The molecule has 6 heteroatoms. The first-order valence-corrected chi connectivity index (χ1v) is 5.70. The Kier molecular flexibility index (Phi) is 3.30. The summed E-state index contributed by atoms with van der Waals surface area (Å²) in [5.41, 5.74) is 5.42. The Bertz CT molecular complexity index is 327. The first kappa shape index (κ1) is 10.5. The van der Waals surface area contributed by atoms with E-state index in [2.05, 4.69) is 9.88 Å². The van der Waals surface area contributed by atoms with Gasteiger partial charge < -0.3 is 10.5 Å². The van der Waals surface area contributed by atoms with E-state index >= 15 is 0 Å². The van der Waals surface area contributed by atoms with Gasteiger partial charge in [-0.1, -0.05) is 0 Å². The molecule has 0 aromatic carbocycles. The minimum absolute atomic E-state index is 0.110. The molecule has 2 heterocycles. The van der Waals surface area contributed by atoms with E-state index in [4.69, 9.17) is 15.9 Å². The lowest BCUT2D eigenvalue weighted by atomic mass is 10.2. The average Bonchev–Trinajstić information content (AvgIpc) is 2.71. The average molecular weight is 226 g/mol. The summed E-state index contributed by atoms with van der Waals surface area (Å²) in [5, 5.41) is 10.4. The van der Waals surface area contributed by atoms with E-state index in [0.29, 0.717) is 13.2 Å². The van der Waals surface area contributed by atoms with Crippen molar-refractivity contribution in [3.8, 4) is 0 Å². The molecular weight excluding hydrogens is 212 g/mol. The van der Waals surface area contributed by atoms with Crippen LogP contribution in [-0.2, 0) is 11.3 Å². The standard InChI is InChI=1S/C9H14N4OS/c10-9(11)7-5-13(2-3-14-7)6-8-12-1-4-15-8/h1,4,7H,2-3,5-6H2,(H3,10,11). The fourth-order valence-electron chi connectivity index (χ4n) is 1.56. The summed E-state index contributed by atoms with van der Waals surface area (Å²) in [6.07, 6.45) is 1.56. The van der Waals surface area contributed by atoms with E-state index in [9.17, 15) is 0 Å². The summed E-state index contributed by atoms with van der Waals surface area (Å²) in [4.78, 5) is 6.45. The quantitative estimate of drug-likeness (QED) is 0.573. The first-order chi connectivity index (χ1) is 7.25. The van der Waals surface area contributed by atoms with Crippen LogP contribution in [0.3, 0.4) is 0 Å². The Morgan fingerprint density at radius 3 is 3.33 bits per heavy atom. The van der Waals surface area contributed by atoms with E-state index in [1.807, 2.05) is 11.6 Å². The summed E-state index contributed by atoms with van der Waals surface area (Å²) in [7, 11) is 0. The van der Waals surface area contributed by atoms with E-state index in [1.165, 1.54) is 0 Å². The van der Waals surface area contributed by atoms with Gasteiger partial charge in [-0.25, -0.2) is 4.98 Å². The van der Waals surface area contributed by atoms with Crippen molar-refractivity contribution in [2.45, 2.75) is 12.6 Å². The van der Waals surface area contributed by atoms with Crippen LogP contribution in [0, 0.1) is 5.41 Å². The molecule has 1 fully saturated rings. The molecule has 1 unspecified atom stereocenters. The maximum absolute atomic E-state index is 7.34. The van der Waals surface area contributed by atoms with Gasteiger partial charge in [0.05, 0.1) is 13.2 Å². The Labute approximate surface area is 92.4 Å². The molecule has 82 valence electrons. The van der Waals surface area contributed by atoms with Crippen LogP contribution in [-0.4, -0.2) is 41.5 Å². The number of aromatic nitrogens is 1. The van der Waals surface area contributed by atoms with Crippen LogP contribution in [0.2, 0.25) is 0 Å². The van der Waals surface area contributed by atoms with Crippen molar-refractivity contribution in [2.24, 2.45) is 5.73 Å². The molecule has 0 aliphatic carbocycles. The summed E-state index contributed by atoms with van der Waals surface area (Å²) >= 11 is 1.65. The number of thiazole rings is 1. The molecule has 1 aromatic rings. The van der Waals surface area contributed by atoms with Gasteiger partial charge in [0.15, 0.2) is 0 Å². The monoisotopic (exact) mass is 226 g/mol. The van der Waals surface area contributed by atoms with Gasteiger partial charge in [0.1, 0.15) is 16.9 Å². The van der Waals surface area contributed by atoms with Crippen molar-refractivity contribution in [2.75, 3.05) is 19.7 Å². The number of nitrogens with two attached hydrogens (primary N) is 1. The van der Waals surface area contributed by atoms with Crippen molar-refractivity contribution < 1.29 is 4.74 Å². The Balaban J connectivity index is 1.90. The van der Waals surface area contributed by atoms with Crippen molar-refractivity contribution in [3.05, 3.63) is 16.6 Å². The smallest absolute Gasteiger partial charge is 0.127 e. The lowest BCUT2D eigenvalue weighted by Crippen LogP contribution is -2.47. The number of hydrogen-bond acceptors (Lipinski definition) is 5. The molecule has 0 bridgehead atoms. The number of hydrogen-bond donors (Lipinski definition) is 2. The van der Waals surface area contributed by atoms with E-state index < -0.39 is 0 Å². The number of nitrogens with zero attached hydrogens (tertiary/aromatic N) is 2. The SMILES string of the molecule is N=C(N)C1CN(Cc2nccs2)CCO1. The molecule has 5 nitrogen and oxygen atoms in total. The van der Waals surface area contributed by atoms with Crippen molar-refractivity contribution in [3.63, 3.8) is 0 Å². The summed E-state index contributed by atoms with van der Waals surface area (Å²) in [6, 6.07) is 0. The molecule has 1 aliphatic rings. The van der Waals surface area contributed by atoms with Gasteiger partial charge >= 0.3 is 0 Å². The lowest BCUT2D eigenvalue weighted by Gasteiger charge is -2.31. The highest BCUT2D eigenvalue weighted by Crippen LogP contribution is 2.12. The molecule has 1 aromatic heterocycles. The minimum Gasteiger partial charge on any atom is -0.385 e. The fourth-order valence-corrected chi connectivity index (χ4v) is 2.21. The Morgan fingerprint density at radius 1 is 1.80 bits per heavy atom. The molecular formula is C9H14N4OS. The van der Waals surface area contributed by atoms with Crippen LogP contribution in [0.25, 0.3) is 0 Å². The molecule has 1 saturated heterocycles. The van der Waals surface area contributed by atoms with Crippen molar-refractivity contribution in [1.29, 1.82) is 5.41 Å². The van der Waals surface area contributed by atoms with Gasteiger partial charge in [0.2, 0.25) is 0 Å². The lowest BCUT2D eigenvalue weighted by molar-refractivity contribution is 0.00234. The maximum Gasteiger partial charge on any atom is 0.127 e. The van der Waals surface area contributed by atoms with Crippen LogP contribution in [0.5, 0.6) is 0 Å². The molecule has 0 amide bonds. The van der Waals surface area contributed by atoms with Crippen LogP contribution in [0.4, 0.5) is 0 Å². The van der Waals surface area contributed by atoms with Gasteiger partial charge in [0.25, 0.3) is 0 Å². The number of morpholine rings is 1. The highest BCUT2D eigenvalue weighted by molar-refractivity contribution is 7.09. The van der Waals surface area contributed by atoms with Crippen LogP contribution in [0.15, 0.2) is 11.6 Å². The predicted molar refractivity (Wildman–Crippen MR) is 59.0 cm³/mol. The third-order valence-electron chi connectivity index (χ3n) is 2.34. The van der Waals surface area contributed by atoms with E-state index in [1.54, 1.807) is 11.3 Å². The number of ether oxygens (including phenoxy) is 1. The van der Waals surface area contributed by atoms with Gasteiger partial charge in [-0.3, -0.25) is 10.3 Å². The summed E-state index contributed by atoms with van der Waals surface area (Å²) in [6.45, 7) is 3.03. The molecule has 1 atom stereocenters. The predicted octanol–water partition coefficient (Wildman–Crippen LogP) is 0.280. The topological polar surface area (TPSA) is 75.2 Å². The van der Waals surface area contributed by atoms with Gasteiger partial charge in [-0.15, -0.1) is 11.3 Å². The van der Waals surface area contributed by atoms with Crippen LogP contribution >= 0.6 is 11.3 Å². The van der Waals surface area contributed by atoms with Crippen LogP contribution < -0.4 is 5.73 Å². The number of amidine groups is 1. The molecule has 0 radical (unpaired) electrons. The molecule has 15 heavy (non-hydrogen) atoms. The molecule has 0 saturated carbocycles. The second-order valence-electron chi connectivity index (χ2n) is 3.48. The Morgan fingerprint density at radius 2 is 2.67 bits per heavy atom. The highest BCUT2D eigenvalue weighted by Gasteiger charge is 2.22. The zero-order valence-electron chi connectivity index (χ0n) is 8.35. The molecule has 2 rings (SSSR count). The van der Waals surface area contributed by atoms with E-state index in [-0.39, 0.29) is 11.9 Å².